The van der Waals surface area contributed by atoms with E-state index in [0.717, 1.165) is 30.3 Å². The summed E-state index contributed by atoms with van der Waals surface area (Å²) in [5, 5.41) is -0.0748. The van der Waals surface area contributed by atoms with Gasteiger partial charge in [0.1, 0.15) is 5.75 Å². The maximum atomic E-state index is 12.5. The second-order valence-electron chi connectivity index (χ2n) is 5.14. The SMILES string of the molecule is COC(=O)COc1ccc(S(=O)(=O)Nc2ccc(C(F)(F)F)cc2)cc1Cl. The minimum absolute atomic E-state index is 0.0508. The highest BCUT2D eigenvalue weighted by Crippen LogP contribution is 2.31. The van der Waals surface area contributed by atoms with Crippen LogP contribution in [-0.4, -0.2) is 28.1 Å². The number of hydrogen-bond donors (Lipinski definition) is 1. The Morgan fingerprint density at radius 1 is 1.15 bits per heavy atom. The van der Waals surface area contributed by atoms with Crippen LogP contribution in [0.1, 0.15) is 5.56 Å². The maximum absolute atomic E-state index is 12.5. The molecule has 0 amide bonds. The van der Waals surface area contributed by atoms with Crippen molar-refractivity contribution in [2.45, 2.75) is 11.1 Å². The van der Waals surface area contributed by atoms with E-state index in [4.69, 9.17) is 16.3 Å². The van der Waals surface area contributed by atoms with Gasteiger partial charge in [-0.15, -0.1) is 0 Å². The lowest BCUT2D eigenvalue weighted by atomic mass is 10.2. The number of carbonyl (C=O) groups excluding carboxylic acids is 1. The molecule has 1 N–H and O–H groups in total. The monoisotopic (exact) mass is 423 g/mol. The van der Waals surface area contributed by atoms with E-state index in [9.17, 15) is 26.4 Å². The van der Waals surface area contributed by atoms with E-state index in [1.54, 1.807) is 0 Å². The second kappa shape index (κ2) is 8.05. The molecule has 11 heteroatoms. The molecule has 27 heavy (non-hydrogen) atoms. The molecule has 0 spiro atoms. The number of benzene rings is 2. The quantitative estimate of drug-likeness (QED) is 0.716. The third kappa shape index (κ3) is 5.51. The van der Waals surface area contributed by atoms with Crippen LogP contribution >= 0.6 is 11.6 Å². The summed E-state index contributed by atoms with van der Waals surface area (Å²) in [6, 6.07) is 7.01. The average Bonchev–Trinajstić information content (AvgIpc) is 2.59. The summed E-state index contributed by atoms with van der Waals surface area (Å²) in [6.45, 7) is -0.411. The number of rotatable bonds is 6. The number of sulfonamides is 1. The summed E-state index contributed by atoms with van der Waals surface area (Å²) in [7, 11) is -2.92. The maximum Gasteiger partial charge on any atom is 0.416 e. The lowest BCUT2D eigenvalue weighted by Gasteiger charge is -2.12. The fraction of sp³-hybridized carbons (Fsp3) is 0.188. The Kier molecular flexibility index (Phi) is 6.22. The van der Waals surface area contributed by atoms with E-state index in [2.05, 4.69) is 9.46 Å². The molecule has 0 aliphatic carbocycles. The number of nitrogens with one attached hydrogen (secondary N) is 1. The molecule has 2 aromatic carbocycles. The van der Waals surface area contributed by atoms with Crippen LogP contribution in [0.4, 0.5) is 18.9 Å². The van der Waals surface area contributed by atoms with E-state index in [0.29, 0.717) is 0 Å². The molecule has 0 atom stereocenters. The van der Waals surface area contributed by atoms with E-state index in [1.165, 1.54) is 19.2 Å². The van der Waals surface area contributed by atoms with Gasteiger partial charge in [-0.25, -0.2) is 13.2 Å². The van der Waals surface area contributed by atoms with Crippen LogP contribution in [0.15, 0.2) is 47.4 Å². The van der Waals surface area contributed by atoms with Gasteiger partial charge in [-0.2, -0.15) is 13.2 Å². The first-order valence-corrected chi connectivity index (χ1v) is 9.08. The Morgan fingerprint density at radius 2 is 1.78 bits per heavy atom. The molecule has 0 unspecified atom stereocenters. The Labute approximate surface area is 157 Å². The van der Waals surface area contributed by atoms with Crippen molar-refractivity contribution < 1.29 is 35.9 Å². The van der Waals surface area contributed by atoms with Crippen LogP contribution < -0.4 is 9.46 Å². The van der Waals surface area contributed by atoms with Crippen molar-refractivity contribution in [1.82, 2.24) is 0 Å². The Bertz CT molecular complexity index is 930. The van der Waals surface area contributed by atoms with E-state index < -0.39 is 34.3 Å². The van der Waals surface area contributed by atoms with Gasteiger partial charge in [-0.1, -0.05) is 11.6 Å². The van der Waals surface area contributed by atoms with Crippen LogP contribution in [0, 0.1) is 0 Å². The largest absolute Gasteiger partial charge is 0.480 e. The zero-order valence-electron chi connectivity index (χ0n) is 13.7. The minimum Gasteiger partial charge on any atom is -0.480 e. The molecule has 2 rings (SSSR count). The summed E-state index contributed by atoms with van der Waals surface area (Å²) in [6.07, 6.45) is -4.52. The molecule has 0 aliphatic rings. The predicted octanol–water partition coefficient (Wildman–Crippen LogP) is 3.71. The summed E-state index contributed by atoms with van der Waals surface area (Å²) in [5.74, 6) is -0.581. The molecule has 146 valence electrons. The predicted molar refractivity (Wildman–Crippen MR) is 91.2 cm³/mol. The highest BCUT2D eigenvalue weighted by Gasteiger charge is 2.30. The summed E-state index contributed by atoms with van der Waals surface area (Å²) in [4.78, 5) is 10.8. The first-order chi connectivity index (χ1) is 12.5. The molecular formula is C16H13ClF3NO5S. The number of anilines is 1. The molecule has 0 aliphatic heterocycles. The van der Waals surface area contributed by atoms with E-state index in [1.807, 2.05) is 0 Å². The molecule has 0 radical (unpaired) electrons. The molecule has 0 saturated heterocycles. The molecule has 2 aromatic rings. The average molecular weight is 424 g/mol. The number of ether oxygens (including phenoxy) is 2. The highest BCUT2D eigenvalue weighted by atomic mass is 35.5. The Hall–Kier alpha value is -2.46. The zero-order valence-corrected chi connectivity index (χ0v) is 15.3. The van der Waals surface area contributed by atoms with Gasteiger partial charge in [0.15, 0.2) is 6.61 Å². The molecule has 0 aromatic heterocycles. The van der Waals surface area contributed by atoms with Gasteiger partial charge in [0.25, 0.3) is 10.0 Å². The number of halogens is 4. The first-order valence-electron chi connectivity index (χ1n) is 7.22. The van der Waals surface area contributed by atoms with E-state index >= 15 is 0 Å². The number of carbonyl (C=O) groups is 1. The number of methoxy groups -OCH3 is 1. The van der Waals surface area contributed by atoms with Gasteiger partial charge >= 0.3 is 12.1 Å². The van der Waals surface area contributed by atoms with E-state index in [-0.39, 0.29) is 21.4 Å². The highest BCUT2D eigenvalue weighted by molar-refractivity contribution is 7.92. The van der Waals surface area contributed by atoms with Crippen LogP contribution in [0.5, 0.6) is 5.75 Å². The topological polar surface area (TPSA) is 81.7 Å². The number of alkyl halides is 3. The van der Waals surface area contributed by atoms with Gasteiger partial charge in [-0.05, 0) is 42.5 Å². The summed E-state index contributed by atoms with van der Waals surface area (Å²) < 4.78 is 74.0. The smallest absolute Gasteiger partial charge is 0.416 e. The van der Waals surface area contributed by atoms with Gasteiger partial charge in [-0.3, -0.25) is 4.72 Å². The van der Waals surface area contributed by atoms with Gasteiger partial charge in [0.05, 0.1) is 22.6 Å². The zero-order chi connectivity index (χ0) is 20.2. The molecule has 0 bridgehead atoms. The Morgan fingerprint density at radius 3 is 2.30 bits per heavy atom. The van der Waals surface area contributed by atoms with Crippen LogP contribution in [0.3, 0.4) is 0 Å². The summed E-state index contributed by atoms with van der Waals surface area (Å²) in [5.41, 5.74) is -0.953. The Balaban J connectivity index is 2.16. The second-order valence-corrected chi connectivity index (χ2v) is 7.23. The fourth-order valence-corrected chi connectivity index (χ4v) is 3.29. The third-order valence-electron chi connectivity index (χ3n) is 3.25. The minimum atomic E-state index is -4.52. The molecule has 6 nitrogen and oxygen atoms in total. The van der Waals surface area contributed by atoms with Gasteiger partial charge in [0, 0.05) is 5.69 Å². The van der Waals surface area contributed by atoms with Crippen LogP contribution in [-0.2, 0) is 25.7 Å². The lowest BCUT2D eigenvalue weighted by Crippen LogP contribution is -2.14. The number of esters is 1. The molecule has 0 fully saturated rings. The van der Waals surface area contributed by atoms with Crippen molar-refractivity contribution in [3.05, 3.63) is 53.1 Å². The van der Waals surface area contributed by atoms with Crippen molar-refractivity contribution in [3.63, 3.8) is 0 Å². The fourth-order valence-electron chi connectivity index (χ4n) is 1.90. The summed E-state index contributed by atoms with van der Waals surface area (Å²) >= 11 is 5.94. The normalized spacial score (nSPS) is 11.7. The van der Waals surface area contributed by atoms with Crippen molar-refractivity contribution in [2.24, 2.45) is 0 Å². The van der Waals surface area contributed by atoms with Crippen LogP contribution in [0.25, 0.3) is 0 Å². The number of hydrogen-bond acceptors (Lipinski definition) is 5. The standard InChI is InChI=1S/C16H13ClF3NO5S/c1-25-15(22)9-26-14-7-6-12(8-13(14)17)27(23,24)21-11-4-2-10(3-5-11)16(18,19)20/h2-8,21H,9H2,1H3. The van der Waals surface area contributed by atoms with Crippen molar-refractivity contribution in [2.75, 3.05) is 18.4 Å². The lowest BCUT2D eigenvalue weighted by molar-refractivity contribution is -0.143. The van der Waals surface area contributed by atoms with Gasteiger partial charge in [0.2, 0.25) is 0 Å². The first kappa shape index (κ1) is 20.8. The molecular weight excluding hydrogens is 411 g/mol. The van der Waals surface area contributed by atoms with Crippen molar-refractivity contribution in [1.29, 1.82) is 0 Å². The van der Waals surface area contributed by atoms with Crippen LogP contribution in [0.2, 0.25) is 5.02 Å². The van der Waals surface area contributed by atoms with Crippen molar-refractivity contribution in [3.8, 4) is 5.75 Å². The van der Waals surface area contributed by atoms with Crippen molar-refractivity contribution >= 4 is 33.3 Å². The third-order valence-corrected chi connectivity index (χ3v) is 4.93. The molecule has 0 heterocycles. The van der Waals surface area contributed by atoms with Gasteiger partial charge < -0.3 is 9.47 Å². The molecule has 0 saturated carbocycles.